The molecule has 0 radical (unpaired) electrons. The van der Waals surface area contributed by atoms with Gasteiger partial charge < -0.3 is 9.47 Å². The molecule has 146 valence electrons. The lowest BCUT2D eigenvalue weighted by atomic mass is 9.99. The highest BCUT2D eigenvalue weighted by Gasteiger charge is 2.31. The first-order chi connectivity index (χ1) is 12.8. The van der Waals surface area contributed by atoms with Gasteiger partial charge in [0.15, 0.2) is 5.16 Å². The number of alkyl halides is 3. The van der Waals surface area contributed by atoms with Crippen LogP contribution < -0.4 is 0 Å². The summed E-state index contributed by atoms with van der Waals surface area (Å²) in [5, 5.41) is 0.213. The van der Waals surface area contributed by atoms with Gasteiger partial charge in [0.2, 0.25) is 5.91 Å². The molecule has 0 saturated carbocycles. The standard InChI is InChI=1S/C19H22F3N3OS/c1-14-7-9-24(10-8-14)17(26)12-27-18-23-11-16(15-5-3-2-4-6-15)25(18)13-19(20,21)22/h2-6,11,14H,7-10,12-13H2,1H3. The maximum Gasteiger partial charge on any atom is 0.406 e. The fourth-order valence-corrected chi connectivity index (χ4v) is 4.00. The Kier molecular flexibility index (Phi) is 6.14. The average molecular weight is 397 g/mol. The summed E-state index contributed by atoms with van der Waals surface area (Å²) in [4.78, 5) is 18.4. The normalized spacial score (nSPS) is 15.9. The predicted molar refractivity (Wildman–Crippen MR) is 99.4 cm³/mol. The van der Waals surface area contributed by atoms with E-state index >= 15 is 0 Å². The number of carbonyl (C=O) groups excluding carboxylic acids is 1. The van der Waals surface area contributed by atoms with Crippen LogP contribution in [0.25, 0.3) is 11.3 Å². The van der Waals surface area contributed by atoms with E-state index in [1.165, 1.54) is 6.20 Å². The number of thioether (sulfide) groups is 1. The third-order valence-corrected chi connectivity index (χ3v) is 5.66. The minimum atomic E-state index is -4.37. The first-order valence-electron chi connectivity index (χ1n) is 8.92. The van der Waals surface area contributed by atoms with Gasteiger partial charge in [-0.2, -0.15) is 13.2 Å². The minimum Gasteiger partial charge on any atom is -0.342 e. The van der Waals surface area contributed by atoms with Crippen LogP contribution in [0.5, 0.6) is 0 Å². The second kappa shape index (κ2) is 8.37. The molecule has 1 fully saturated rings. The lowest BCUT2D eigenvalue weighted by Crippen LogP contribution is -2.39. The SMILES string of the molecule is CC1CCN(C(=O)CSc2ncc(-c3ccccc3)n2CC(F)(F)F)CC1. The molecule has 0 spiro atoms. The molecule has 1 aliphatic rings. The molecule has 4 nitrogen and oxygen atoms in total. The summed E-state index contributed by atoms with van der Waals surface area (Å²) in [6.45, 7) is 2.46. The van der Waals surface area contributed by atoms with Gasteiger partial charge in [-0.05, 0) is 24.3 Å². The number of hydrogen-bond donors (Lipinski definition) is 0. The molecule has 1 saturated heterocycles. The van der Waals surface area contributed by atoms with Crippen molar-refractivity contribution in [3.05, 3.63) is 36.5 Å². The molecule has 0 unspecified atom stereocenters. The molecule has 0 N–H and O–H groups in total. The Labute approximate surface area is 160 Å². The van der Waals surface area contributed by atoms with Crippen LogP contribution in [0.15, 0.2) is 41.7 Å². The van der Waals surface area contributed by atoms with Gasteiger partial charge in [0.25, 0.3) is 0 Å². The van der Waals surface area contributed by atoms with E-state index in [1.54, 1.807) is 29.2 Å². The summed E-state index contributed by atoms with van der Waals surface area (Å²) in [6.07, 6.45) is -0.989. The number of aromatic nitrogens is 2. The van der Waals surface area contributed by atoms with Crippen molar-refractivity contribution >= 4 is 17.7 Å². The fourth-order valence-electron chi connectivity index (χ4n) is 3.12. The summed E-state index contributed by atoms with van der Waals surface area (Å²) >= 11 is 1.07. The van der Waals surface area contributed by atoms with Gasteiger partial charge >= 0.3 is 6.18 Å². The van der Waals surface area contributed by atoms with Gasteiger partial charge in [-0.1, -0.05) is 49.0 Å². The molecule has 8 heteroatoms. The van der Waals surface area contributed by atoms with E-state index in [0.29, 0.717) is 30.3 Å². The van der Waals surface area contributed by atoms with E-state index in [0.717, 1.165) is 29.2 Å². The lowest BCUT2D eigenvalue weighted by Gasteiger charge is -2.30. The zero-order chi connectivity index (χ0) is 19.4. The van der Waals surface area contributed by atoms with Gasteiger partial charge in [-0.25, -0.2) is 4.98 Å². The molecule has 1 aliphatic heterocycles. The first kappa shape index (κ1) is 19.8. The van der Waals surface area contributed by atoms with Crippen LogP contribution in [0.4, 0.5) is 13.2 Å². The Balaban J connectivity index is 1.75. The molecule has 1 aromatic carbocycles. The maximum atomic E-state index is 13.1. The summed E-state index contributed by atoms with van der Waals surface area (Å²) in [6, 6.07) is 8.85. The number of carbonyl (C=O) groups is 1. The van der Waals surface area contributed by atoms with Crippen LogP contribution in [-0.4, -0.2) is 45.4 Å². The summed E-state index contributed by atoms with van der Waals surface area (Å²) in [7, 11) is 0. The van der Waals surface area contributed by atoms with E-state index in [1.807, 2.05) is 6.07 Å². The summed E-state index contributed by atoms with van der Waals surface area (Å²) < 4.78 is 40.4. The van der Waals surface area contributed by atoms with Gasteiger partial charge in [0, 0.05) is 13.1 Å². The average Bonchev–Trinajstić information content (AvgIpc) is 3.02. The Morgan fingerprint density at radius 3 is 2.52 bits per heavy atom. The highest BCUT2D eigenvalue weighted by atomic mass is 32.2. The molecular weight excluding hydrogens is 375 g/mol. The van der Waals surface area contributed by atoms with Crippen molar-refractivity contribution in [3.63, 3.8) is 0 Å². The third kappa shape index (κ3) is 5.28. The molecule has 0 bridgehead atoms. The van der Waals surface area contributed by atoms with Crippen LogP contribution in [0.1, 0.15) is 19.8 Å². The number of amides is 1. The fraction of sp³-hybridized carbons (Fsp3) is 0.474. The van der Waals surface area contributed by atoms with E-state index in [4.69, 9.17) is 0 Å². The topological polar surface area (TPSA) is 38.1 Å². The largest absolute Gasteiger partial charge is 0.406 e. The van der Waals surface area contributed by atoms with Crippen LogP contribution in [0.2, 0.25) is 0 Å². The predicted octanol–water partition coefficient (Wildman–Crippen LogP) is 4.46. The highest BCUT2D eigenvalue weighted by molar-refractivity contribution is 7.99. The number of piperidine rings is 1. The Bertz CT molecular complexity index is 768. The van der Waals surface area contributed by atoms with E-state index in [9.17, 15) is 18.0 Å². The first-order valence-corrected chi connectivity index (χ1v) is 9.90. The molecule has 1 aromatic heterocycles. The number of halogens is 3. The zero-order valence-electron chi connectivity index (χ0n) is 15.1. The number of likely N-dealkylation sites (tertiary alicyclic amines) is 1. The number of nitrogens with zero attached hydrogens (tertiary/aromatic N) is 3. The molecule has 1 amide bonds. The maximum absolute atomic E-state index is 13.1. The van der Waals surface area contributed by atoms with Gasteiger partial charge in [0.1, 0.15) is 6.54 Å². The van der Waals surface area contributed by atoms with Crippen molar-refractivity contribution in [2.45, 2.75) is 37.6 Å². The second-order valence-corrected chi connectivity index (χ2v) is 7.79. The van der Waals surface area contributed by atoms with Crippen molar-refractivity contribution in [1.29, 1.82) is 0 Å². The van der Waals surface area contributed by atoms with E-state index in [2.05, 4.69) is 11.9 Å². The van der Waals surface area contributed by atoms with Gasteiger partial charge in [-0.15, -0.1) is 0 Å². The van der Waals surface area contributed by atoms with Crippen LogP contribution in [-0.2, 0) is 11.3 Å². The van der Waals surface area contributed by atoms with E-state index in [-0.39, 0.29) is 16.8 Å². The van der Waals surface area contributed by atoms with Crippen molar-refractivity contribution in [1.82, 2.24) is 14.5 Å². The Morgan fingerprint density at radius 2 is 1.89 bits per heavy atom. The Hall–Kier alpha value is -1.96. The van der Waals surface area contributed by atoms with Crippen LogP contribution >= 0.6 is 11.8 Å². The number of hydrogen-bond acceptors (Lipinski definition) is 3. The zero-order valence-corrected chi connectivity index (χ0v) is 15.9. The second-order valence-electron chi connectivity index (χ2n) is 6.85. The molecular formula is C19H22F3N3OS. The lowest BCUT2D eigenvalue weighted by molar-refractivity contribution is -0.141. The van der Waals surface area contributed by atoms with Crippen molar-refractivity contribution in [2.75, 3.05) is 18.8 Å². The highest BCUT2D eigenvalue weighted by Crippen LogP contribution is 2.30. The van der Waals surface area contributed by atoms with Crippen molar-refractivity contribution in [2.24, 2.45) is 5.92 Å². The number of imidazole rings is 1. The molecule has 2 heterocycles. The number of rotatable bonds is 5. The third-order valence-electron chi connectivity index (χ3n) is 4.69. The molecule has 3 rings (SSSR count). The Morgan fingerprint density at radius 1 is 1.22 bits per heavy atom. The summed E-state index contributed by atoms with van der Waals surface area (Å²) in [5.74, 6) is 0.660. The number of benzene rings is 1. The quantitative estimate of drug-likeness (QED) is 0.699. The van der Waals surface area contributed by atoms with E-state index < -0.39 is 12.7 Å². The molecule has 2 aromatic rings. The minimum absolute atomic E-state index is 0.0466. The van der Waals surface area contributed by atoms with Crippen LogP contribution in [0.3, 0.4) is 0 Å². The molecule has 0 atom stereocenters. The van der Waals surface area contributed by atoms with Gasteiger partial charge in [0.05, 0.1) is 17.6 Å². The van der Waals surface area contributed by atoms with Crippen LogP contribution in [0, 0.1) is 5.92 Å². The van der Waals surface area contributed by atoms with Crippen molar-refractivity contribution in [3.8, 4) is 11.3 Å². The summed E-state index contributed by atoms with van der Waals surface area (Å²) in [5.41, 5.74) is 1.06. The van der Waals surface area contributed by atoms with Gasteiger partial charge in [-0.3, -0.25) is 4.79 Å². The monoisotopic (exact) mass is 397 g/mol. The molecule has 27 heavy (non-hydrogen) atoms. The smallest absolute Gasteiger partial charge is 0.342 e. The van der Waals surface area contributed by atoms with Crippen molar-refractivity contribution < 1.29 is 18.0 Å². The molecule has 0 aliphatic carbocycles.